The normalized spacial score (nSPS) is 37.0. The number of alkyl halides is 2. The highest BCUT2D eigenvalue weighted by Gasteiger charge is 2.69. The van der Waals surface area contributed by atoms with Crippen molar-refractivity contribution in [3.8, 4) is 0 Å². The maximum Gasteiger partial charge on any atom is 0.273 e. The minimum atomic E-state index is -2.91. The van der Waals surface area contributed by atoms with Crippen LogP contribution in [-0.4, -0.2) is 36.5 Å². The van der Waals surface area contributed by atoms with Gasteiger partial charge >= 0.3 is 0 Å². The van der Waals surface area contributed by atoms with E-state index in [-0.39, 0.29) is 5.57 Å². The average Bonchev–Trinajstić information content (AvgIpc) is 2.44. The third-order valence-corrected chi connectivity index (χ3v) is 4.62. The number of fused-ring (bicyclic) bond motifs is 1. The number of carbonyl (C=O) groups is 2. The standard InChI is InChI=1S/C15H20F2O5/c1-12(2)9(18)8-7-14(5,11(16)17)21-22-15(8,20-6)13(3,4)10(12)19/h7,11H,1-6H3/t14-,15+/m1/s1. The second-order valence-corrected chi connectivity index (χ2v) is 6.94. The van der Waals surface area contributed by atoms with Crippen molar-refractivity contribution in [2.24, 2.45) is 10.8 Å². The molecule has 22 heavy (non-hydrogen) atoms. The lowest BCUT2D eigenvalue weighted by molar-refractivity contribution is -0.477. The highest BCUT2D eigenvalue weighted by atomic mass is 19.3. The number of halogens is 2. The van der Waals surface area contributed by atoms with Crippen molar-refractivity contribution in [1.82, 2.24) is 0 Å². The molecule has 0 saturated heterocycles. The zero-order valence-corrected chi connectivity index (χ0v) is 13.5. The molecule has 5 nitrogen and oxygen atoms in total. The van der Waals surface area contributed by atoms with E-state index < -0.39 is 40.2 Å². The number of ketones is 2. The van der Waals surface area contributed by atoms with E-state index in [0.29, 0.717) is 0 Å². The van der Waals surface area contributed by atoms with Crippen molar-refractivity contribution in [3.63, 3.8) is 0 Å². The van der Waals surface area contributed by atoms with Crippen LogP contribution in [0.15, 0.2) is 11.6 Å². The molecule has 124 valence electrons. The maximum absolute atomic E-state index is 13.2. The number of hydrogen-bond acceptors (Lipinski definition) is 5. The first-order valence-electron chi connectivity index (χ1n) is 6.90. The third kappa shape index (κ3) is 1.85. The van der Waals surface area contributed by atoms with Crippen LogP contribution >= 0.6 is 0 Å². The second kappa shape index (κ2) is 4.66. The van der Waals surface area contributed by atoms with Gasteiger partial charge in [-0.25, -0.2) is 13.7 Å². The molecule has 2 aliphatic rings. The van der Waals surface area contributed by atoms with E-state index in [9.17, 15) is 18.4 Å². The molecule has 1 aliphatic heterocycles. The van der Waals surface area contributed by atoms with Crippen LogP contribution in [0.4, 0.5) is 8.78 Å². The summed E-state index contributed by atoms with van der Waals surface area (Å²) in [7, 11) is 1.24. The zero-order chi connectivity index (χ0) is 17.1. The van der Waals surface area contributed by atoms with Crippen molar-refractivity contribution in [2.45, 2.75) is 52.4 Å². The molecule has 0 aromatic heterocycles. The quantitative estimate of drug-likeness (QED) is 0.578. The van der Waals surface area contributed by atoms with Crippen LogP contribution in [-0.2, 0) is 24.1 Å². The molecular weight excluding hydrogens is 298 g/mol. The lowest BCUT2D eigenvalue weighted by Gasteiger charge is -2.53. The van der Waals surface area contributed by atoms with Gasteiger partial charge in [0.1, 0.15) is 0 Å². The van der Waals surface area contributed by atoms with Crippen molar-refractivity contribution in [1.29, 1.82) is 0 Å². The molecule has 1 saturated carbocycles. The first-order chi connectivity index (χ1) is 9.87. The Morgan fingerprint density at radius 2 is 1.64 bits per heavy atom. The average molecular weight is 318 g/mol. The van der Waals surface area contributed by atoms with Crippen molar-refractivity contribution >= 4 is 11.6 Å². The summed E-state index contributed by atoms with van der Waals surface area (Å²) in [6, 6.07) is 0. The fourth-order valence-electron chi connectivity index (χ4n) is 3.12. The molecule has 7 heteroatoms. The summed E-state index contributed by atoms with van der Waals surface area (Å²) in [6.45, 7) is 7.11. The smallest absolute Gasteiger partial charge is 0.273 e. The predicted octanol–water partition coefficient (Wildman–Crippen LogP) is 2.45. The van der Waals surface area contributed by atoms with Crippen LogP contribution in [0.3, 0.4) is 0 Å². The topological polar surface area (TPSA) is 61.8 Å². The summed E-state index contributed by atoms with van der Waals surface area (Å²) < 4.78 is 31.7. The van der Waals surface area contributed by atoms with Gasteiger partial charge < -0.3 is 4.74 Å². The van der Waals surface area contributed by atoms with Gasteiger partial charge in [-0.1, -0.05) is 0 Å². The van der Waals surface area contributed by atoms with Gasteiger partial charge in [0.15, 0.2) is 17.2 Å². The summed E-state index contributed by atoms with van der Waals surface area (Å²) in [4.78, 5) is 35.4. The van der Waals surface area contributed by atoms with Gasteiger partial charge in [-0.2, -0.15) is 4.89 Å². The summed E-state index contributed by atoms with van der Waals surface area (Å²) in [5.41, 5.74) is -4.85. The number of carbonyl (C=O) groups excluding carboxylic acids is 2. The van der Waals surface area contributed by atoms with Gasteiger partial charge in [0.05, 0.1) is 16.4 Å². The molecule has 0 amide bonds. The van der Waals surface area contributed by atoms with Gasteiger partial charge in [-0.15, -0.1) is 0 Å². The summed E-state index contributed by atoms with van der Waals surface area (Å²) in [5, 5.41) is 0. The van der Waals surface area contributed by atoms with E-state index in [1.807, 2.05) is 0 Å². The van der Waals surface area contributed by atoms with Crippen molar-refractivity contribution < 1.29 is 32.9 Å². The largest absolute Gasteiger partial charge is 0.346 e. The number of hydrogen-bond donors (Lipinski definition) is 0. The van der Waals surface area contributed by atoms with E-state index in [1.165, 1.54) is 34.8 Å². The van der Waals surface area contributed by atoms with E-state index in [1.54, 1.807) is 0 Å². The Labute approximate surface area is 127 Å². The Balaban J connectivity index is 2.74. The maximum atomic E-state index is 13.2. The molecule has 0 unspecified atom stereocenters. The minimum Gasteiger partial charge on any atom is -0.346 e. The SMILES string of the molecule is CO[C@]12OO[C@@](C)(C(F)F)C=C1C(=O)C(C)(C)C(=O)C2(C)C. The first kappa shape index (κ1) is 17.2. The van der Waals surface area contributed by atoms with E-state index >= 15 is 0 Å². The Bertz CT molecular complexity index is 566. The van der Waals surface area contributed by atoms with Gasteiger partial charge in [-0.05, 0) is 40.7 Å². The molecule has 0 aromatic carbocycles. The molecule has 1 heterocycles. The monoisotopic (exact) mass is 318 g/mol. The third-order valence-electron chi connectivity index (χ3n) is 4.62. The number of methoxy groups -OCH3 is 1. The lowest BCUT2D eigenvalue weighted by atomic mass is 9.57. The minimum absolute atomic E-state index is 0.112. The van der Waals surface area contributed by atoms with E-state index in [4.69, 9.17) is 14.5 Å². The highest BCUT2D eigenvalue weighted by molar-refractivity contribution is 6.19. The van der Waals surface area contributed by atoms with Gasteiger partial charge in [-0.3, -0.25) is 9.59 Å². The molecular formula is C15H20F2O5. The molecule has 0 radical (unpaired) electrons. The lowest BCUT2D eigenvalue weighted by Crippen LogP contribution is -2.67. The van der Waals surface area contributed by atoms with Crippen LogP contribution in [0.5, 0.6) is 0 Å². The van der Waals surface area contributed by atoms with Gasteiger partial charge in [0.25, 0.3) is 6.43 Å². The molecule has 2 rings (SSSR count). The Morgan fingerprint density at radius 3 is 2.09 bits per heavy atom. The second-order valence-electron chi connectivity index (χ2n) is 6.94. The van der Waals surface area contributed by atoms with Gasteiger partial charge in [0.2, 0.25) is 5.79 Å². The fourth-order valence-corrected chi connectivity index (χ4v) is 3.12. The molecule has 2 atom stereocenters. The Morgan fingerprint density at radius 1 is 1.09 bits per heavy atom. The van der Waals surface area contributed by atoms with Crippen LogP contribution in [0, 0.1) is 10.8 Å². The molecule has 0 N–H and O–H groups in total. The molecule has 0 bridgehead atoms. The highest BCUT2D eigenvalue weighted by Crippen LogP contribution is 2.55. The first-order valence-corrected chi connectivity index (χ1v) is 6.90. The van der Waals surface area contributed by atoms with Crippen molar-refractivity contribution in [2.75, 3.05) is 7.11 Å². The van der Waals surface area contributed by atoms with E-state index in [0.717, 1.165) is 13.0 Å². The molecule has 0 aromatic rings. The van der Waals surface area contributed by atoms with Crippen molar-refractivity contribution in [3.05, 3.63) is 11.6 Å². The molecule has 1 fully saturated rings. The van der Waals surface area contributed by atoms with Gasteiger partial charge in [0, 0.05) is 7.11 Å². The summed E-state index contributed by atoms with van der Waals surface area (Å²) >= 11 is 0. The zero-order valence-electron chi connectivity index (χ0n) is 13.5. The van der Waals surface area contributed by atoms with Crippen LogP contribution < -0.4 is 0 Å². The Hall–Kier alpha value is -1.18. The van der Waals surface area contributed by atoms with Crippen LogP contribution in [0.25, 0.3) is 0 Å². The molecule has 0 spiro atoms. The van der Waals surface area contributed by atoms with Crippen LogP contribution in [0.1, 0.15) is 34.6 Å². The summed E-state index contributed by atoms with van der Waals surface area (Å²) in [6.07, 6.45) is -1.89. The predicted molar refractivity (Wildman–Crippen MR) is 72.0 cm³/mol. The number of Topliss-reactive ketones (excluding diaryl/α,β-unsaturated/α-hetero) is 2. The number of rotatable bonds is 2. The molecule has 1 aliphatic carbocycles. The van der Waals surface area contributed by atoms with E-state index in [2.05, 4.69) is 0 Å². The number of ether oxygens (including phenoxy) is 1. The van der Waals surface area contributed by atoms with Crippen LogP contribution in [0.2, 0.25) is 0 Å². The Kier molecular flexibility index (Phi) is 3.64. The fraction of sp³-hybridized carbons (Fsp3) is 0.733. The summed E-state index contributed by atoms with van der Waals surface area (Å²) in [5.74, 6) is -2.85.